The molecule has 0 saturated carbocycles. The van der Waals surface area contributed by atoms with Crippen molar-refractivity contribution in [2.45, 2.75) is 13.8 Å². The van der Waals surface area contributed by atoms with E-state index in [0.29, 0.717) is 21.2 Å². The Morgan fingerprint density at radius 3 is 2.48 bits per heavy atom. The summed E-state index contributed by atoms with van der Waals surface area (Å²) in [6.07, 6.45) is 0. The summed E-state index contributed by atoms with van der Waals surface area (Å²) in [5, 5.41) is 7.91. The molecule has 0 spiro atoms. The van der Waals surface area contributed by atoms with Gasteiger partial charge in [0, 0.05) is 0 Å². The molecule has 2 N–H and O–H groups in total. The third-order valence-corrected chi connectivity index (χ3v) is 6.33. The van der Waals surface area contributed by atoms with Gasteiger partial charge >= 0.3 is 5.97 Å². The molecular weight excluding hydrogens is 432 g/mol. The minimum atomic E-state index is -0.598. The van der Waals surface area contributed by atoms with Crippen LogP contribution in [0.2, 0.25) is 5.02 Å². The lowest BCUT2D eigenvalue weighted by Crippen LogP contribution is -2.14. The highest BCUT2D eigenvalue weighted by Crippen LogP contribution is 2.35. The molecule has 6 nitrogen and oxygen atoms in total. The van der Waals surface area contributed by atoms with Gasteiger partial charge < -0.3 is 15.4 Å². The number of hydrogen-bond acceptors (Lipinski definition) is 6. The molecule has 0 unspecified atom stereocenters. The van der Waals surface area contributed by atoms with E-state index in [2.05, 4.69) is 10.6 Å². The van der Waals surface area contributed by atoms with Gasteiger partial charge in [-0.3, -0.25) is 9.59 Å². The van der Waals surface area contributed by atoms with Crippen LogP contribution in [-0.2, 0) is 4.74 Å². The number of benzene rings is 1. The molecular formula is C20H17ClN2O4S2. The molecule has 0 aliphatic heterocycles. The van der Waals surface area contributed by atoms with Crippen LogP contribution in [0.15, 0.2) is 41.8 Å². The Bertz CT molecular complexity index is 1060. The monoisotopic (exact) mass is 448 g/mol. The minimum absolute atomic E-state index is 0.172. The van der Waals surface area contributed by atoms with Gasteiger partial charge in [-0.15, -0.1) is 22.7 Å². The molecule has 0 aliphatic rings. The van der Waals surface area contributed by atoms with E-state index >= 15 is 0 Å². The van der Waals surface area contributed by atoms with Crippen molar-refractivity contribution in [2.75, 3.05) is 17.2 Å². The van der Waals surface area contributed by atoms with Crippen LogP contribution in [0.5, 0.6) is 0 Å². The van der Waals surface area contributed by atoms with Gasteiger partial charge in [0.25, 0.3) is 11.8 Å². The molecule has 29 heavy (non-hydrogen) atoms. The summed E-state index contributed by atoms with van der Waals surface area (Å²) >= 11 is 8.40. The number of anilines is 2. The van der Waals surface area contributed by atoms with E-state index in [0.717, 1.165) is 11.3 Å². The Morgan fingerprint density at radius 2 is 1.83 bits per heavy atom. The fraction of sp³-hybridized carbons (Fsp3) is 0.150. The summed E-state index contributed by atoms with van der Waals surface area (Å²) in [7, 11) is 0. The fourth-order valence-electron chi connectivity index (χ4n) is 2.58. The number of para-hydroxylation sites is 1. The number of nitrogens with one attached hydrogen (secondary N) is 2. The molecule has 0 saturated heterocycles. The maximum absolute atomic E-state index is 12.8. The van der Waals surface area contributed by atoms with Gasteiger partial charge in [0.05, 0.1) is 32.6 Å². The molecule has 0 radical (unpaired) electrons. The maximum Gasteiger partial charge on any atom is 0.341 e. The van der Waals surface area contributed by atoms with Crippen molar-refractivity contribution >= 4 is 62.7 Å². The normalized spacial score (nSPS) is 10.4. The zero-order chi connectivity index (χ0) is 21.0. The van der Waals surface area contributed by atoms with Crippen LogP contribution >= 0.6 is 34.3 Å². The molecule has 0 fully saturated rings. The summed E-state index contributed by atoms with van der Waals surface area (Å²) in [5.41, 5.74) is 1.05. The molecule has 1 aromatic carbocycles. The van der Waals surface area contributed by atoms with Crippen molar-refractivity contribution in [3.8, 4) is 0 Å². The van der Waals surface area contributed by atoms with Gasteiger partial charge in [-0.25, -0.2) is 4.79 Å². The van der Waals surface area contributed by atoms with Gasteiger partial charge in [0.1, 0.15) is 5.00 Å². The van der Waals surface area contributed by atoms with Gasteiger partial charge in [-0.2, -0.15) is 0 Å². The van der Waals surface area contributed by atoms with Crippen molar-refractivity contribution < 1.29 is 19.1 Å². The first-order valence-corrected chi connectivity index (χ1v) is 10.7. The van der Waals surface area contributed by atoms with E-state index in [1.54, 1.807) is 55.6 Å². The van der Waals surface area contributed by atoms with Crippen LogP contribution in [0.3, 0.4) is 0 Å². The summed E-state index contributed by atoms with van der Waals surface area (Å²) < 4.78 is 5.12. The highest BCUT2D eigenvalue weighted by molar-refractivity contribution is 7.19. The average Bonchev–Trinajstić information content (AvgIpc) is 3.32. The third-order valence-electron chi connectivity index (χ3n) is 3.93. The maximum atomic E-state index is 12.8. The molecule has 0 atom stereocenters. The van der Waals surface area contributed by atoms with Crippen molar-refractivity contribution in [3.05, 3.63) is 67.7 Å². The molecule has 3 aromatic rings. The lowest BCUT2D eigenvalue weighted by molar-refractivity contribution is 0.0527. The van der Waals surface area contributed by atoms with E-state index in [9.17, 15) is 14.4 Å². The Balaban J connectivity index is 1.95. The van der Waals surface area contributed by atoms with Crippen molar-refractivity contribution in [1.29, 1.82) is 0 Å². The predicted octanol–water partition coefficient (Wildman–Crippen LogP) is 5.45. The number of ether oxygens (including phenoxy) is 1. The van der Waals surface area contributed by atoms with Crippen LogP contribution in [0.25, 0.3) is 0 Å². The number of esters is 1. The van der Waals surface area contributed by atoms with E-state index < -0.39 is 11.9 Å². The number of carbonyl (C=O) groups excluding carboxylic acids is 3. The number of hydrogen-bond donors (Lipinski definition) is 2. The summed E-state index contributed by atoms with van der Waals surface area (Å²) in [6.45, 7) is 3.51. The number of rotatable bonds is 6. The van der Waals surface area contributed by atoms with Gasteiger partial charge in [-0.05, 0) is 43.0 Å². The second kappa shape index (κ2) is 9.21. The second-order valence-electron chi connectivity index (χ2n) is 5.85. The lowest BCUT2D eigenvalue weighted by atomic mass is 10.1. The summed E-state index contributed by atoms with van der Waals surface area (Å²) in [6, 6.07) is 10.3. The Hall–Kier alpha value is -2.68. The standard InChI is InChI=1S/C20H17ClN2O4S2/c1-3-27-20(26)15-11(2)16(18(25)22-13-8-5-4-7-12(13)21)29-19(15)23-17(24)14-9-6-10-28-14/h4-10H,3H2,1-2H3,(H,22,25)(H,23,24). The highest BCUT2D eigenvalue weighted by atomic mass is 35.5. The topological polar surface area (TPSA) is 84.5 Å². The molecule has 2 heterocycles. The van der Waals surface area contributed by atoms with Crippen LogP contribution in [0, 0.1) is 6.92 Å². The van der Waals surface area contributed by atoms with Crippen LogP contribution in [-0.4, -0.2) is 24.4 Å². The third kappa shape index (κ3) is 4.67. The van der Waals surface area contributed by atoms with E-state index in [-0.39, 0.29) is 28.0 Å². The van der Waals surface area contributed by atoms with E-state index in [4.69, 9.17) is 16.3 Å². The zero-order valence-corrected chi connectivity index (χ0v) is 18.0. The van der Waals surface area contributed by atoms with Crippen molar-refractivity contribution in [1.82, 2.24) is 0 Å². The molecule has 2 aromatic heterocycles. The first kappa shape index (κ1) is 21.0. The van der Waals surface area contributed by atoms with Crippen molar-refractivity contribution in [2.24, 2.45) is 0 Å². The van der Waals surface area contributed by atoms with Gasteiger partial charge in [0.2, 0.25) is 0 Å². The molecule has 3 rings (SSSR count). The van der Waals surface area contributed by atoms with E-state index in [1.165, 1.54) is 11.3 Å². The van der Waals surface area contributed by atoms with Crippen LogP contribution < -0.4 is 10.6 Å². The summed E-state index contributed by atoms with van der Waals surface area (Å²) in [4.78, 5) is 38.6. The van der Waals surface area contributed by atoms with Gasteiger partial charge in [-0.1, -0.05) is 29.8 Å². The highest BCUT2D eigenvalue weighted by Gasteiger charge is 2.27. The first-order chi connectivity index (χ1) is 13.9. The number of carbonyl (C=O) groups is 3. The second-order valence-corrected chi connectivity index (χ2v) is 8.22. The average molecular weight is 449 g/mol. The fourth-order valence-corrected chi connectivity index (χ4v) is 4.47. The SMILES string of the molecule is CCOC(=O)c1c(NC(=O)c2cccs2)sc(C(=O)Nc2ccccc2Cl)c1C. The zero-order valence-electron chi connectivity index (χ0n) is 15.6. The van der Waals surface area contributed by atoms with E-state index in [1.807, 2.05) is 0 Å². The molecule has 0 bridgehead atoms. The summed E-state index contributed by atoms with van der Waals surface area (Å²) in [5.74, 6) is -1.38. The molecule has 150 valence electrons. The Morgan fingerprint density at radius 1 is 1.07 bits per heavy atom. The van der Waals surface area contributed by atoms with Crippen LogP contribution in [0.1, 0.15) is 42.2 Å². The van der Waals surface area contributed by atoms with Gasteiger partial charge in [0.15, 0.2) is 0 Å². The number of halogens is 1. The molecule has 0 aliphatic carbocycles. The number of thiophene rings is 2. The largest absolute Gasteiger partial charge is 0.462 e. The predicted molar refractivity (Wildman–Crippen MR) is 117 cm³/mol. The molecule has 2 amide bonds. The quantitative estimate of drug-likeness (QED) is 0.491. The Kier molecular flexibility index (Phi) is 6.68. The first-order valence-electron chi connectivity index (χ1n) is 8.63. The number of amides is 2. The lowest BCUT2D eigenvalue weighted by Gasteiger charge is -2.07. The van der Waals surface area contributed by atoms with Crippen LogP contribution in [0.4, 0.5) is 10.7 Å². The van der Waals surface area contributed by atoms with Crippen molar-refractivity contribution in [3.63, 3.8) is 0 Å². The Labute approximate surface area is 180 Å². The molecule has 9 heteroatoms. The minimum Gasteiger partial charge on any atom is -0.462 e. The smallest absolute Gasteiger partial charge is 0.341 e.